The molecule has 0 aromatic carbocycles. The van der Waals surface area contributed by atoms with Crippen molar-refractivity contribution in [1.82, 2.24) is 0 Å². The maximum Gasteiger partial charge on any atom is 0.135 e. The lowest BCUT2D eigenvalue weighted by atomic mass is 9.58. The fraction of sp³-hybridized carbons (Fsp3) is 0.957. The van der Waals surface area contributed by atoms with Crippen molar-refractivity contribution in [3.05, 3.63) is 0 Å². The molecule has 1 saturated carbocycles. The molecule has 0 heterocycles. The molecule has 1 heteroatoms. The highest BCUT2D eigenvalue weighted by molar-refractivity contribution is 5.81. The summed E-state index contributed by atoms with van der Waals surface area (Å²) >= 11 is 0. The van der Waals surface area contributed by atoms with Crippen LogP contribution < -0.4 is 0 Å². The van der Waals surface area contributed by atoms with Crippen LogP contribution in [0.2, 0.25) is 0 Å². The summed E-state index contributed by atoms with van der Waals surface area (Å²) in [5.74, 6) is 1.94. The largest absolute Gasteiger partial charge is 0.299 e. The third-order valence-corrected chi connectivity index (χ3v) is 6.77. The Bertz CT molecular complexity index is 425. The summed E-state index contributed by atoms with van der Waals surface area (Å²) in [5, 5.41) is 0. The van der Waals surface area contributed by atoms with Crippen LogP contribution in [0.3, 0.4) is 0 Å². The number of ketones is 1. The summed E-state index contributed by atoms with van der Waals surface area (Å²) in [5.41, 5.74) is 0.914. The molecule has 0 aromatic heterocycles. The maximum absolute atomic E-state index is 11.9. The standard InChI is InChI=1S/C23H44O/c1-17(24)21(5,6)16-23(9,10)19-13-11-18(12-14-19)22(7,8)15-20(2,3)4/h18-19H,11-16H2,1-10H3. The molecule has 0 saturated heterocycles. The van der Waals surface area contributed by atoms with Gasteiger partial charge in [-0.25, -0.2) is 0 Å². The van der Waals surface area contributed by atoms with E-state index in [1.54, 1.807) is 6.92 Å². The molecule has 0 spiro atoms. The van der Waals surface area contributed by atoms with Crippen molar-refractivity contribution in [2.45, 2.75) is 108 Å². The van der Waals surface area contributed by atoms with Crippen molar-refractivity contribution in [2.75, 3.05) is 0 Å². The van der Waals surface area contributed by atoms with Gasteiger partial charge < -0.3 is 0 Å². The monoisotopic (exact) mass is 336 g/mol. The second kappa shape index (κ2) is 7.12. The van der Waals surface area contributed by atoms with E-state index in [0.29, 0.717) is 16.6 Å². The quantitative estimate of drug-likeness (QED) is 0.498. The Morgan fingerprint density at radius 1 is 0.708 bits per heavy atom. The first-order chi connectivity index (χ1) is 10.6. The molecular formula is C23H44O. The number of Topliss-reactive ketones (excluding diaryl/α,β-unsaturated/α-hetero) is 1. The maximum atomic E-state index is 11.9. The highest BCUT2D eigenvalue weighted by Crippen LogP contribution is 2.51. The van der Waals surface area contributed by atoms with Crippen molar-refractivity contribution in [3.63, 3.8) is 0 Å². The van der Waals surface area contributed by atoms with E-state index in [4.69, 9.17) is 0 Å². The van der Waals surface area contributed by atoms with Crippen molar-refractivity contribution in [3.8, 4) is 0 Å². The number of carbonyl (C=O) groups is 1. The third kappa shape index (κ3) is 5.88. The molecule has 24 heavy (non-hydrogen) atoms. The van der Waals surface area contributed by atoms with Gasteiger partial charge in [0.25, 0.3) is 0 Å². The van der Waals surface area contributed by atoms with Crippen LogP contribution in [0.1, 0.15) is 108 Å². The lowest BCUT2D eigenvalue weighted by Gasteiger charge is -2.47. The van der Waals surface area contributed by atoms with Gasteiger partial charge in [0.15, 0.2) is 0 Å². The molecule has 0 unspecified atom stereocenters. The Morgan fingerprint density at radius 2 is 1.04 bits per heavy atom. The van der Waals surface area contributed by atoms with E-state index < -0.39 is 0 Å². The SMILES string of the molecule is CC(=O)C(C)(C)CC(C)(C)C1CCC(C(C)(C)CC(C)(C)C)CC1. The minimum atomic E-state index is -0.189. The summed E-state index contributed by atoms with van der Waals surface area (Å²) in [6, 6.07) is 0. The summed E-state index contributed by atoms with van der Waals surface area (Å²) < 4.78 is 0. The Labute approximate surface area is 152 Å². The Hall–Kier alpha value is -0.330. The summed E-state index contributed by atoms with van der Waals surface area (Å²) in [6.07, 6.45) is 7.69. The van der Waals surface area contributed by atoms with Crippen LogP contribution in [0.4, 0.5) is 0 Å². The Balaban J connectivity index is 2.69. The van der Waals surface area contributed by atoms with E-state index in [9.17, 15) is 4.79 Å². The normalized spacial score (nSPS) is 24.1. The lowest BCUT2D eigenvalue weighted by molar-refractivity contribution is -0.127. The van der Waals surface area contributed by atoms with Gasteiger partial charge in [-0.05, 0) is 73.5 Å². The molecule has 0 atom stereocenters. The number of hydrogen-bond acceptors (Lipinski definition) is 1. The minimum Gasteiger partial charge on any atom is -0.299 e. The molecule has 0 aromatic rings. The van der Waals surface area contributed by atoms with E-state index in [0.717, 1.165) is 18.3 Å². The molecule has 1 rings (SSSR count). The predicted molar refractivity (Wildman–Crippen MR) is 106 cm³/mol. The van der Waals surface area contributed by atoms with Gasteiger partial charge in [-0.3, -0.25) is 4.79 Å². The van der Waals surface area contributed by atoms with Crippen LogP contribution in [0.15, 0.2) is 0 Å². The summed E-state index contributed by atoms with van der Waals surface area (Å²) in [4.78, 5) is 11.9. The molecule has 1 aliphatic rings. The lowest BCUT2D eigenvalue weighted by Crippen LogP contribution is -2.38. The molecule has 0 bridgehead atoms. The summed E-state index contributed by atoms with van der Waals surface area (Å²) in [7, 11) is 0. The fourth-order valence-electron chi connectivity index (χ4n) is 5.58. The smallest absolute Gasteiger partial charge is 0.135 e. The van der Waals surface area contributed by atoms with Gasteiger partial charge in [0, 0.05) is 5.41 Å². The topological polar surface area (TPSA) is 17.1 Å². The molecule has 1 nitrogen and oxygen atoms in total. The second-order valence-electron chi connectivity index (χ2n) is 11.9. The first kappa shape index (κ1) is 21.7. The van der Waals surface area contributed by atoms with E-state index in [1.807, 2.05) is 0 Å². The van der Waals surface area contributed by atoms with Gasteiger partial charge >= 0.3 is 0 Å². The van der Waals surface area contributed by atoms with Gasteiger partial charge in [0.2, 0.25) is 0 Å². The van der Waals surface area contributed by atoms with Gasteiger partial charge in [0.05, 0.1) is 0 Å². The van der Waals surface area contributed by atoms with Gasteiger partial charge in [-0.2, -0.15) is 0 Å². The number of hydrogen-bond donors (Lipinski definition) is 0. The highest BCUT2D eigenvalue weighted by atomic mass is 16.1. The van der Waals surface area contributed by atoms with Gasteiger partial charge in [-0.15, -0.1) is 0 Å². The molecule has 0 amide bonds. The van der Waals surface area contributed by atoms with Crippen molar-refractivity contribution in [2.24, 2.45) is 33.5 Å². The first-order valence-electron chi connectivity index (χ1n) is 10.1. The van der Waals surface area contributed by atoms with Crippen LogP contribution in [0.25, 0.3) is 0 Å². The molecule has 0 aliphatic heterocycles. The fourth-order valence-corrected chi connectivity index (χ4v) is 5.58. The molecule has 0 radical (unpaired) electrons. The first-order valence-corrected chi connectivity index (χ1v) is 10.1. The van der Waals surface area contributed by atoms with E-state index in [-0.39, 0.29) is 10.8 Å². The predicted octanol–water partition coefficient (Wildman–Crippen LogP) is 7.29. The summed E-state index contributed by atoms with van der Waals surface area (Å²) in [6.45, 7) is 22.8. The van der Waals surface area contributed by atoms with Crippen molar-refractivity contribution in [1.29, 1.82) is 0 Å². The molecule has 1 fully saturated rings. The van der Waals surface area contributed by atoms with Crippen LogP contribution in [0.5, 0.6) is 0 Å². The number of carbonyl (C=O) groups excluding carboxylic acids is 1. The van der Waals surface area contributed by atoms with Crippen LogP contribution in [-0.2, 0) is 4.79 Å². The second-order valence-corrected chi connectivity index (χ2v) is 11.9. The van der Waals surface area contributed by atoms with E-state index in [2.05, 4.69) is 62.3 Å². The van der Waals surface area contributed by atoms with Crippen molar-refractivity contribution >= 4 is 5.78 Å². The van der Waals surface area contributed by atoms with Gasteiger partial charge in [0.1, 0.15) is 5.78 Å². The van der Waals surface area contributed by atoms with E-state index >= 15 is 0 Å². The molecular weight excluding hydrogens is 292 g/mol. The minimum absolute atomic E-state index is 0.189. The van der Waals surface area contributed by atoms with Crippen LogP contribution in [0, 0.1) is 33.5 Å². The third-order valence-electron chi connectivity index (χ3n) is 6.77. The van der Waals surface area contributed by atoms with Crippen molar-refractivity contribution < 1.29 is 4.79 Å². The average molecular weight is 337 g/mol. The highest BCUT2D eigenvalue weighted by Gasteiger charge is 2.42. The van der Waals surface area contributed by atoms with Crippen LogP contribution >= 0.6 is 0 Å². The zero-order chi connectivity index (χ0) is 19.0. The zero-order valence-corrected chi connectivity index (χ0v) is 18.3. The van der Waals surface area contributed by atoms with Crippen LogP contribution in [-0.4, -0.2) is 5.78 Å². The van der Waals surface area contributed by atoms with Gasteiger partial charge in [-0.1, -0.05) is 62.3 Å². The number of rotatable bonds is 6. The molecule has 142 valence electrons. The zero-order valence-electron chi connectivity index (χ0n) is 18.3. The Morgan fingerprint density at radius 3 is 1.33 bits per heavy atom. The molecule has 0 N–H and O–H groups in total. The van der Waals surface area contributed by atoms with E-state index in [1.165, 1.54) is 32.1 Å². The molecule has 1 aliphatic carbocycles. The Kier molecular flexibility index (Phi) is 6.44. The average Bonchev–Trinajstić information content (AvgIpc) is 2.34.